The minimum Gasteiger partial charge on any atom is -0.370 e. The lowest BCUT2D eigenvalue weighted by Crippen LogP contribution is -2.16. The van der Waals surface area contributed by atoms with Crippen molar-refractivity contribution < 1.29 is 0 Å². The summed E-state index contributed by atoms with van der Waals surface area (Å²) in [4.78, 5) is 2.28. The predicted molar refractivity (Wildman–Crippen MR) is 87.1 cm³/mol. The highest BCUT2D eigenvalue weighted by atomic mass is 15.1. The molecule has 0 atom stereocenters. The Labute approximate surface area is 122 Å². The molecule has 0 aliphatic rings. The van der Waals surface area contributed by atoms with Gasteiger partial charge in [-0.1, -0.05) is 48.9 Å². The Morgan fingerprint density at radius 1 is 1.00 bits per heavy atom. The fourth-order valence-corrected chi connectivity index (χ4v) is 2.31. The Morgan fingerprint density at radius 3 is 2.40 bits per heavy atom. The van der Waals surface area contributed by atoms with Crippen molar-refractivity contribution in [3.63, 3.8) is 0 Å². The molecule has 20 heavy (non-hydrogen) atoms. The first-order valence-electron chi connectivity index (χ1n) is 7.25. The minimum atomic E-state index is 0.939. The third-order valence-corrected chi connectivity index (χ3v) is 3.46. The molecule has 0 aliphatic heterocycles. The Bertz CT molecular complexity index is 531. The zero-order chi connectivity index (χ0) is 14.4. The van der Waals surface area contributed by atoms with Crippen LogP contribution in [0.5, 0.6) is 0 Å². The standard InChI is InChI=1S/C18H24N2/c1-4-19-13-16-8-10-18(11-9-16)20(3)14-17-7-5-6-15(2)12-17/h5-12,19H,4,13-14H2,1-3H3. The van der Waals surface area contributed by atoms with Crippen LogP contribution in [0, 0.1) is 6.92 Å². The van der Waals surface area contributed by atoms with Crippen LogP contribution in [0.2, 0.25) is 0 Å². The first-order chi connectivity index (χ1) is 9.69. The van der Waals surface area contributed by atoms with E-state index in [1.807, 2.05) is 0 Å². The molecule has 0 heterocycles. The molecule has 0 fully saturated rings. The smallest absolute Gasteiger partial charge is 0.0426 e. The van der Waals surface area contributed by atoms with Gasteiger partial charge in [0.25, 0.3) is 0 Å². The topological polar surface area (TPSA) is 15.3 Å². The summed E-state index contributed by atoms with van der Waals surface area (Å²) in [5, 5.41) is 3.35. The molecule has 0 bridgehead atoms. The number of nitrogens with zero attached hydrogens (tertiary/aromatic N) is 1. The maximum Gasteiger partial charge on any atom is 0.0426 e. The number of rotatable bonds is 6. The van der Waals surface area contributed by atoms with Crippen LogP contribution in [0.3, 0.4) is 0 Å². The number of hydrogen-bond donors (Lipinski definition) is 1. The molecule has 0 saturated heterocycles. The molecule has 106 valence electrons. The lowest BCUT2D eigenvalue weighted by atomic mass is 10.1. The molecular formula is C18H24N2. The van der Waals surface area contributed by atoms with E-state index >= 15 is 0 Å². The van der Waals surface area contributed by atoms with Crippen LogP contribution in [0.1, 0.15) is 23.6 Å². The largest absolute Gasteiger partial charge is 0.370 e. The molecule has 2 rings (SSSR count). The van der Waals surface area contributed by atoms with Gasteiger partial charge in [0.2, 0.25) is 0 Å². The van der Waals surface area contributed by atoms with Gasteiger partial charge in [0, 0.05) is 25.8 Å². The van der Waals surface area contributed by atoms with Gasteiger partial charge in [-0.05, 0) is 36.7 Å². The zero-order valence-corrected chi connectivity index (χ0v) is 12.7. The predicted octanol–water partition coefficient (Wildman–Crippen LogP) is 3.74. The van der Waals surface area contributed by atoms with Gasteiger partial charge in [-0.2, -0.15) is 0 Å². The highest BCUT2D eigenvalue weighted by Gasteiger charge is 2.02. The van der Waals surface area contributed by atoms with Crippen molar-refractivity contribution in [1.82, 2.24) is 5.32 Å². The maximum atomic E-state index is 3.35. The summed E-state index contributed by atoms with van der Waals surface area (Å²) in [5.74, 6) is 0. The fraction of sp³-hybridized carbons (Fsp3) is 0.333. The van der Waals surface area contributed by atoms with Gasteiger partial charge in [0.1, 0.15) is 0 Å². The molecule has 0 aliphatic carbocycles. The second-order valence-corrected chi connectivity index (χ2v) is 5.29. The van der Waals surface area contributed by atoms with Gasteiger partial charge in [0.05, 0.1) is 0 Å². The molecule has 2 heteroatoms. The van der Waals surface area contributed by atoms with E-state index in [-0.39, 0.29) is 0 Å². The Morgan fingerprint density at radius 2 is 1.75 bits per heavy atom. The molecule has 0 radical (unpaired) electrons. The van der Waals surface area contributed by atoms with Gasteiger partial charge in [-0.3, -0.25) is 0 Å². The van der Waals surface area contributed by atoms with Crippen molar-refractivity contribution in [2.24, 2.45) is 0 Å². The van der Waals surface area contributed by atoms with Gasteiger partial charge in [0.15, 0.2) is 0 Å². The highest BCUT2D eigenvalue weighted by Crippen LogP contribution is 2.17. The van der Waals surface area contributed by atoms with E-state index in [9.17, 15) is 0 Å². The summed E-state index contributed by atoms with van der Waals surface area (Å²) in [5.41, 5.74) is 5.26. The number of nitrogens with one attached hydrogen (secondary N) is 1. The summed E-state index contributed by atoms with van der Waals surface area (Å²) in [7, 11) is 2.14. The van der Waals surface area contributed by atoms with Gasteiger partial charge >= 0.3 is 0 Å². The molecular weight excluding hydrogens is 244 g/mol. The van der Waals surface area contributed by atoms with Crippen LogP contribution in [-0.4, -0.2) is 13.6 Å². The molecule has 0 spiro atoms. The van der Waals surface area contributed by atoms with Crippen molar-refractivity contribution in [2.45, 2.75) is 26.9 Å². The first-order valence-corrected chi connectivity index (χ1v) is 7.25. The summed E-state index contributed by atoms with van der Waals surface area (Å²) in [6.07, 6.45) is 0. The van der Waals surface area contributed by atoms with Crippen molar-refractivity contribution >= 4 is 5.69 Å². The lowest BCUT2D eigenvalue weighted by Gasteiger charge is -2.20. The summed E-state index contributed by atoms with van der Waals surface area (Å²) in [6.45, 7) is 7.16. The lowest BCUT2D eigenvalue weighted by molar-refractivity contribution is 0.726. The monoisotopic (exact) mass is 268 g/mol. The number of aryl methyl sites for hydroxylation is 1. The third-order valence-electron chi connectivity index (χ3n) is 3.46. The van der Waals surface area contributed by atoms with E-state index in [1.165, 1.54) is 22.4 Å². The van der Waals surface area contributed by atoms with Crippen molar-refractivity contribution in [3.8, 4) is 0 Å². The first kappa shape index (κ1) is 14.6. The Balaban J connectivity index is 2.00. The number of hydrogen-bond acceptors (Lipinski definition) is 2. The average molecular weight is 268 g/mol. The van der Waals surface area contributed by atoms with E-state index in [2.05, 4.69) is 79.6 Å². The van der Waals surface area contributed by atoms with E-state index in [0.29, 0.717) is 0 Å². The van der Waals surface area contributed by atoms with E-state index < -0.39 is 0 Å². The fourth-order valence-electron chi connectivity index (χ4n) is 2.31. The summed E-state index contributed by atoms with van der Waals surface area (Å²) < 4.78 is 0. The van der Waals surface area contributed by atoms with Crippen molar-refractivity contribution in [1.29, 1.82) is 0 Å². The van der Waals surface area contributed by atoms with Crippen molar-refractivity contribution in [3.05, 3.63) is 65.2 Å². The van der Waals surface area contributed by atoms with Crippen LogP contribution in [0.25, 0.3) is 0 Å². The van der Waals surface area contributed by atoms with E-state index in [1.54, 1.807) is 0 Å². The Kier molecular flexibility index (Phi) is 5.19. The normalized spacial score (nSPS) is 10.6. The van der Waals surface area contributed by atoms with E-state index in [0.717, 1.165) is 19.6 Å². The molecule has 2 aromatic carbocycles. The van der Waals surface area contributed by atoms with E-state index in [4.69, 9.17) is 0 Å². The van der Waals surface area contributed by atoms with Gasteiger partial charge < -0.3 is 10.2 Å². The zero-order valence-electron chi connectivity index (χ0n) is 12.7. The van der Waals surface area contributed by atoms with Gasteiger partial charge in [-0.25, -0.2) is 0 Å². The quantitative estimate of drug-likeness (QED) is 0.858. The van der Waals surface area contributed by atoms with Crippen LogP contribution in [-0.2, 0) is 13.1 Å². The molecule has 0 aromatic heterocycles. The Hall–Kier alpha value is -1.80. The van der Waals surface area contributed by atoms with Crippen LogP contribution >= 0.6 is 0 Å². The summed E-state index contributed by atoms with van der Waals surface area (Å²) >= 11 is 0. The number of benzene rings is 2. The average Bonchev–Trinajstić information content (AvgIpc) is 2.45. The third kappa shape index (κ3) is 4.10. The summed E-state index contributed by atoms with van der Waals surface area (Å²) in [6, 6.07) is 17.5. The second kappa shape index (κ2) is 7.11. The van der Waals surface area contributed by atoms with Crippen LogP contribution < -0.4 is 10.2 Å². The minimum absolute atomic E-state index is 0.939. The van der Waals surface area contributed by atoms with Crippen molar-refractivity contribution in [2.75, 3.05) is 18.5 Å². The van der Waals surface area contributed by atoms with Crippen LogP contribution in [0.15, 0.2) is 48.5 Å². The molecule has 0 amide bonds. The van der Waals surface area contributed by atoms with Crippen LogP contribution in [0.4, 0.5) is 5.69 Å². The number of anilines is 1. The SMILES string of the molecule is CCNCc1ccc(N(C)Cc2cccc(C)c2)cc1. The molecule has 2 aromatic rings. The maximum absolute atomic E-state index is 3.35. The molecule has 0 unspecified atom stereocenters. The van der Waals surface area contributed by atoms with Gasteiger partial charge in [-0.15, -0.1) is 0 Å². The second-order valence-electron chi connectivity index (χ2n) is 5.29. The highest BCUT2D eigenvalue weighted by molar-refractivity contribution is 5.47. The molecule has 1 N–H and O–H groups in total. The molecule has 2 nitrogen and oxygen atoms in total. The molecule has 0 saturated carbocycles.